The Bertz CT molecular complexity index is 1000. The molecule has 2 aliphatic rings. The molecule has 0 bridgehead atoms. The van der Waals surface area contributed by atoms with Crippen molar-refractivity contribution in [2.24, 2.45) is 5.92 Å². The second-order valence-electron chi connectivity index (χ2n) is 6.97. The van der Waals surface area contributed by atoms with E-state index in [1.165, 1.54) is 21.6 Å². The third kappa shape index (κ3) is 2.86. The first-order valence-electron chi connectivity index (χ1n) is 8.85. The highest BCUT2D eigenvalue weighted by Gasteiger charge is 2.61. The summed E-state index contributed by atoms with van der Waals surface area (Å²) < 4.78 is 20.0. The number of benzene rings is 1. The molecule has 7 nitrogen and oxygen atoms in total. The van der Waals surface area contributed by atoms with Gasteiger partial charge in [-0.2, -0.15) is 0 Å². The van der Waals surface area contributed by atoms with E-state index in [0.29, 0.717) is 18.8 Å². The van der Waals surface area contributed by atoms with Crippen LogP contribution in [0.2, 0.25) is 0 Å². The van der Waals surface area contributed by atoms with Crippen molar-refractivity contribution in [2.45, 2.75) is 18.6 Å². The first-order chi connectivity index (χ1) is 13.4. The zero-order valence-electron chi connectivity index (χ0n) is 14.9. The van der Waals surface area contributed by atoms with Crippen LogP contribution in [0.4, 0.5) is 4.39 Å². The van der Waals surface area contributed by atoms with Gasteiger partial charge in [-0.05, 0) is 17.7 Å². The van der Waals surface area contributed by atoms with Crippen LogP contribution < -0.4 is 5.56 Å². The number of hydrogen-bond donors (Lipinski definition) is 2. The number of aromatic hydroxyl groups is 2. The van der Waals surface area contributed by atoms with Gasteiger partial charge in [0.15, 0.2) is 17.2 Å². The first-order valence-corrected chi connectivity index (χ1v) is 8.85. The highest BCUT2D eigenvalue weighted by molar-refractivity contribution is 5.97. The first kappa shape index (κ1) is 18.2. The fourth-order valence-electron chi connectivity index (χ4n) is 3.92. The molecule has 0 spiro atoms. The van der Waals surface area contributed by atoms with Crippen LogP contribution in [0.25, 0.3) is 0 Å². The second-order valence-corrected chi connectivity index (χ2v) is 6.97. The van der Waals surface area contributed by atoms with E-state index in [4.69, 9.17) is 4.74 Å². The summed E-state index contributed by atoms with van der Waals surface area (Å²) in [5.74, 6) is -2.35. The topological polar surface area (TPSA) is 92.0 Å². The summed E-state index contributed by atoms with van der Waals surface area (Å²) in [5.41, 5.74) is -0.0810. The molecule has 1 fully saturated rings. The van der Waals surface area contributed by atoms with E-state index in [-0.39, 0.29) is 36.1 Å². The largest absolute Gasteiger partial charge is 0.504 e. The maximum atomic E-state index is 13.2. The highest BCUT2D eigenvalue weighted by atomic mass is 19.1. The molecule has 0 saturated heterocycles. The lowest BCUT2D eigenvalue weighted by Gasteiger charge is -2.29. The normalized spacial score (nSPS) is 22.5. The van der Waals surface area contributed by atoms with Gasteiger partial charge in [-0.3, -0.25) is 14.2 Å². The molecule has 1 amide bonds. The van der Waals surface area contributed by atoms with E-state index in [0.717, 1.165) is 6.07 Å². The van der Waals surface area contributed by atoms with Crippen LogP contribution >= 0.6 is 0 Å². The average Bonchev–Trinajstić information content (AvgIpc) is 3.37. The van der Waals surface area contributed by atoms with E-state index in [9.17, 15) is 24.2 Å². The standard InChI is InChI=1S/C20H19FN2O5/c1-2-7-28-10-13-16-17(13)23-15(25)8-14(24)19(26)18(23)20(27)22(16)9-11-3-5-12(21)6-4-11/h2-6,8,13,16-17,24,26H,1,7,9-10H2/t13-,16-,17+/m1/s1. The lowest BCUT2D eigenvalue weighted by molar-refractivity contribution is 0.0657. The molecule has 146 valence electrons. The molecular weight excluding hydrogens is 367 g/mol. The van der Waals surface area contributed by atoms with Crippen molar-refractivity contribution in [1.82, 2.24) is 9.47 Å². The smallest absolute Gasteiger partial charge is 0.275 e. The average molecular weight is 386 g/mol. The van der Waals surface area contributed by atoms with Gasteiger partial charge in [-0.1, -0.05) is 18.2 Å². The quantitative estimate of drug-likeness (QED) is 0.583. The predicted octanol–water partition coefficient (Wildman–Crippen LogP) is 1.80. The van der Waals surface area contributed by atoms with Gasteiger partial charge >= 0.3 is 0 Å². The SMILES string of the molecule is C=CCOC[C@@H]1[C@@H]2[C@H]1n1c(c(O)c(O)cc1=O)C(=O)N2Cc1ccc(F)cc1. The summed E-state index contributed by atoms with van der Waals surface area (Å²) in [6.45, 7) is 4.42. The Morgan fingerprint density at radius 2 is 1.89 bits per heavy atom. The molecule has 8 heteroatoms. The van der Waals surface area contributed by atoms with E-state index >= 15 is 0 Å². The monoisotopic (exact) mass is 386 g/mol. The molecule has 3 atom stereocenters. The third-order valence-corrected chi connectivity index (χ3v) is 5.23. The lowest BCUT2D eigenvalue weighted by atomic mass is 10.1. The van der Waals surface area contributed by atoms with E-state index < -0.39 is 23.0 Å². The maximum Gasteiger partial charge on any atom is 0.275 e. The number of ether oxygens (including phenoxy) is 1. The number of rotatable bonds is 6. The Balaban J connectivity index is 1.73. The van der Waals surface area contributed by atoms with Gasteiger partial charge < -0.3 is 19.8 Å². The van der Waals surface area contributed by atoms with Crippen LogP contribution in [0.15, 0.2) is 47.8 Å². The molecule has 4 rings (SSSR count). The molecule has 1 aliphatic carbocycles. The van der Waals surface area contributed by atoms with Crippen molar-refractivity contribution in [2.75, 3.05) is 13.2 Å². The number of nitrogens with zero attached hydrogens (tertiary/aromatic N) is 2. The Morgan fingerprint density at radius 1 is 1.18 bits per heavy atom. The number of aromatic nitrogens is 1. The maximum absolute atomic E-state index is 13.2. The Labute approximate surface area is 159 Å². The van der Waals surface area contributed by atoms with Crippen LogP contribution in [0.5, 0.6) is 11.5 Å². The number of amides is 1. The number of hydrogen-bond acceptors (Lipinski definition) is 5. The van der Waals surface area contributed by atoms with Gasteiger partial charge in [0.2, 0.25) is 0 Å². The zero-order chi connectivity index (χ0) is 20.0. The molecular formula is C20H19FN2O5. The molecule has 0 unspecified atom stereocenters. The summed E-state index contributed by atoms with van der Waals surface area (Å²) in [7, 11) is 0. The van der Waals surface area contributed by atoms with Crippen LogP contribution in [-0.2, 0) is 11.3 Å². The fraction of sp³-hybridized carbons (Fsp3) is 0.300. The van der Waals surface area contributed by atoms with E-state index in [1.807, 2.05) is 0 Å². The Hall–Kier alpha value is -3.13. The highest BCUT2D eigenvalue weighted by Crippen LogP contribution is 2.52. The van der Waals surface area contributed by atoms with E-state index in [2.05, 4.69) is 6.58 Å². The second kappa shape index (κ2) is 6.79. The molecule has 1 aliphatic heterocycles. The third-order valence-electron chi connectivity index (χ3n) is 5.23. The minimum atomic E-state index is -0.634. The molecule has 2 heterocycles. The van der Waals surface area contributed by atoms with Gasteiger partial charge in [0, 0.05) is 18.5 Å². The van der Waals surface area contributed by atoms with Crippen molar-refractivity contribution in [3.8, 4) is 11.5 Å². The van der Waals surface area contributed by atoms with Crippen LogP contribution in [0.1, 0.15) is 22.1 Å². The molecule has 2 N–H and O–H groups in total. The Kier molecular flexibility index (Phi) is 4.43. The summed E-state index contributed by atoms with van der Waals surface area (Å²) in [6, 6.07) is 6.01. The van der Waals surface area contributed by atoms with E-state index in [1.54, 1.807) is 18.2 Å². The Morgan fingerprint density at radius 3 is 2.57 bits per heavy atom. The predicted molar refractivity (Wildman–Crippen MR) is 97.6 cm³/mol. The van der Waals surface area contributed by atoms with Crippen molar-refractivity contribution in [3.05, 3.63) is 70.4 Å². The van der Waals surface area contributed by atoms with Gasteiger partial charge in [-0.15, -0.1) is 6.58 Å². The number of pyridine rings is 1. The lowest BCUT2D eigenvalue weighted by Crippen LogP contribution is -2.42. The fourth-order valence-corrected chi connectivity index (χ4v) is 3.92. The van der Waals surface area contributed by atoms with Gasteiger partial charge in [-0.25, -0.2) is 4.39 Å². The number of carbonyl (C=O) groups excluding carboxylic acids is 1. The van der Waals surface area contributed by atoms with Crippen molar-refractivity contribution < 1.29 is 24.1 Å². The van der Waals surface area contributed by atoms with Crippen molar-refractivity contribution in [1.29, 1.82) is 0 Å². The minimum Gasteiger partial charge on any atom is -0.504 e. The van der Waals surface area contributed by atoms with Gasteiger partial charge in [0.05, 0.1) is 25.3 Å². The molecule has 0 radical (unpaired) electrons. The molecule has 2 aromatic rings. The van der Waals surface area contributed by atoms with Crippen molar-refractivity contribution >= 4 is 5.91 Å². The molecule has 28 heavy (non-hydrogen) atoms. The number of fused-ring (bicyclic) bond motifs is 3. The zero-order valence-corrected chi connectivity index (χ0v) is 14.9. The summed E-state index contributed by atoms with van der Waals surface area (Å²) >= 11 is 0. The summed E-state index contributed by atoms with van der Waals surface area (Å²) in [6.07, 6.45) is 1.61. The van der Waals surface area contributed by atoms with Crippen molar-refractivity contribution in [3.63, 3.8) is 0 Å². The van der Waals surface area contributed by atoms with Gasteiger partial charge in [0.25, 0.3) is 11.5 Å². The molecule has 1 saturated carbocycles. The van der Waals surface area contributed by atoms with Crippen LogP contribution in [0.3, 0.4) is 0 Å². The number of halogens is 1. The number of carbonyl (C=O) groups is 1. The molecule has 1 aromatic carbocycles. The minimum absolute atomic E-state index is 0.146. The summed E-state index contributed by atoms with van der Waals surface area (Å²) in [4.78, 5) is 27.0. The van der Waals surface area contributed by atoms with Crippen LogP contribution in [0, 0.1) is 11.7 Å². The summed E-state index contributed by atoms with van der Waals surface area (Å²) in [5, 5.41) is 20.1. The van der Waals surface area contributed by atoms with Gasteiger partial charge in [0.1, 0.15) is 5.82 Å². The molecule has 1 aromatic heterocycles. The van der Waals surface area contributed by atoms with Crippen LogP contribution in [-0.4, -0.2) is 44.8 Å².